The van der Waals surface area contributed by atoms with Gasteiger partial charge in [-0.15, -0.1) is 0 Å². The largest absolute Gasteiger partial charge is 1.00 e. The number of unbranched alkanes of at least 4 members (excludes halogenated alkanes) is 2. The average molecular weight is 406 g/mol. The van der Waals surface area contributed by atoms with Crippen LogP contribution in [0.3, 0.4) is 0 Å². The van der Waals surface area contributed by atoms with Crippen LogP contribution in [-0.2, 0) is 13.6 Å². The smallest absolute Gasteiger partial charge is 1.00 e. The van der Waals surface area contributed by atoms with Gasteiger partial charge in [-0.3, -0.25) is 9.05 Å². The van der Waals surface area contributed by atoms with Crippen molar-refractivity contribution in [1.82, 2.24) is 0 Å². The molecule has 0 aliphatic heterocycles. The Hall–Kier alpha value is -0.233. The van der Waals surface area contributed by atoms with Gasteiger partial charge in [0, 0.05) is 0 Å². The Morgan fingerprint density at radius 1 is 0.857 bits per heavy atom. The molecular formula is C22H40LiO4P. The van der Waals surface area contributed by atoms with Crippen LogP contribution in [0.2, 0.25) is 0 Å². The van der Waals surface area contributed by atoms with Gasteiger partial charge in [-0.2, -0.15) is 0 Å². The predicted molar refractivity (Wildman–Crippen MR) is 114 cm³/mol. The van der Waals surface area contributed by atoms with Crippen LogP contribution in [0.1, 0.15) is 80.5 Å². The molecule has 0 saturated heterocycles. The van der Waals surface area contributed by atoms with Crippen LogP contribution in [0.15, 0.2) is 30.3 Å². The second kappa shape index (κ2) is 16.6. The monoisotopic (exact) mass is 406 g/mol. The molecule has 0 aliphatic carbocycles. The fourth-order valence-electron chi connectivity index (χ4n) is 2.89. The van der Waals surface area contributed by atoms with Crippen molar-refractivity contribution in [3.8, 4) is 5.75 Å². The fourth-order valence-corrected chi connectivity index (χ4v) is 4.24. The van der Waals surface area contributed by atoms with Gasteiger partial charge in [-0.25, -0.2) is 4.57 Å². The van der Waals surface area contributed by atoms with E-state index in [2.05, 4.69) is 27.7 Å². The Kier molecular flexibility index (Phi) is 16.4. The summed E-state index contributed by atoms with van der Waals surface area (Å²) in [6, 6.07) is 9.16. The summed E-state index contributed by atoms with van der Waals surface area (Å²) in [6.07, 6.45) is 8.77. The normalized spacial score (nSPS) is 15.3. The molecule has 1 rings (SSSR count). The number of benzene rings is 1. The Morgan fingerprint density at radius 2 is 1.32 bits per heavy atom. The first-order chi connectivity index (χ1) is 13.1. The van der Waals surface area contributed by atoms with Crippen molar-refractivity contribution in [3.63, 3.8) is 0 Å². The summed E-state index contributed by atoms with van der Waals surface area (Å²) in [5, 5.41) is 0. The third-order valence-corrected chi connectivity index (χ3v) is 6.35. The summed E-state index contributed by atoms with van der Waals surface area (Å²) in [6.45, 7) is 9.47. The number of hydrogen-bond acceptors (Lipinski definition) is 4. The van der Waals surface area contributed by atoms with Crippen molar-refractivity contribution in [3.05, 3.63) is 30.3 Å². The minimum absolute atomic E-state index is 0. The Bertz CT molecular complexity index is 509. The molecule has 0 fully saturated rings. The van der Waals surface area contributed by atoms with Gasteiger partial charge < -0.3 is 5.95 Å². The number of rotatable bonds is 16. The van der Waals surface area contributed by atoms with E-state index < -0.39 is 7.82 Å². The van der Waals surface area contributed by atoms with Gasteiger partial charge in [0.25, 0.3) is 0 Å². The summed E-state index contributed by atoms with van der Waals surface area (Å²) < 4.78 is 30.6. The van der Waals surface area contributed by atoms with Crippen LogP contribution in [0, 0.1) is 11.8 Å². The van der Waals surface area contributed by atoms with Crippen LogP contribution < -0.4 is 23.4 Å². The maximum absolute atomic E-state index is 13.3. The van der Waals surface area contributed by atoms with E-state index in [-0.39, 0.29) is 20.3 Å². The summed E-state index contributed by atoms with van der Waals surface area (Å²) in [5.74, 6) is 1.27. The molecule has 0 N–H and O–H groups in total. The first kappa shape index (κ1) is 27.8. The zero-order chi connectivity index (χ0) is 20.0. The first-order valence-electron chi connectivity index (χ1n) is 10.7. The summed E-state index contributed by atoms with van der Waals surface area (Å²) >= 11 is 0. The van der Waals surface area contributed by atoms with Gasteiger partial charge >= 0.3 is 26.7 Å². The van der Waals surface area contributed by atoms with Crippen LogP contribution in [0.5, 0.6) is 5.75 Å². The van der Waals surface area contributed by atoms with E-state index in [1.54, 1.807) is 12.1 Å². The van der Waals surface area contributed by atoms with Crippen LogP contribution in [-0.4, -0.2) is 13.2 Å². The Labute approximate surface area is 186 Å². The molecule has 0 saturated carbocycles. The van der Waals surface area contributed by atoms with Crippen molar-refractivity contribution < 1.29 is 38.4 Å². The van der Waals surface area contributed by atoms with Gasteiger partial charge in [0.05, 0.1) is 13.2 Å². The van der Waals surface area contributed by atoms with E-state index in [9.17, 15) is 4.57 Å². The number of phosphoric ester groups is 1. The van der Waals surface area contributed by atoms with Crippen LogP contribution in [0.4, 0.5) is 0 Å². The summed E-state index contributed by atoms with van der Waals surface area (Å²) in [5.41, 5.74) is 0. The second-order valence-electron chi connectivity index (χ2n) is 7.28. The van der Waals surface area contributed by atoms with Crippen molar-refractivity contribution >= 4 is 7.82 Å². The zero-order valence-corrected chi connectivity index (χ0v) is 19.6. The molecule has 0 aliphatic rings. The topological polar surface area (TPSA) is 44.8 Å². The molecule has 28 heavy (non-hydrogen) atoms. The SMILES string of the molecule is CCCCC(CC)COP(=O)(OCC(CC)CCCC)Oc1ccccc1.[H-].[Li+]. The van der Waals surface area contributed by atoms with Crippen molar-refractivity contribution in [2.75, 3.05) is 13.2 Å². The Morgan fingerprint density at radius 3 is 1.71 bits per heavy atom. The van der Waals surface area contributed by atoms with E-state index in [1.165, 1.54) is 0 Å². The van der Waals surface area contributed by atoms with Crippen molar-refractivity contribution in [1.29, 1.82) is 0 Å². The van der Waals surface area contributed by atoms with Gasteiger partial charge in [-0.1, -0.05) is 84.4 Å². The third-order valence-electron chi connectivity index (χ3n) is 4.98. The molecule has 1 aromatic rings. The quantitative estimate of drug-likeness (QED) is 0.293. The molecule has 0 bridgehead atoms. The van der Waals surface area contributed by atoms with Gasteiger partial charge in [0.2, 0.25) is 0 Å². The molecule has 0 aromatic heterocycles. The van der Waals surface area contributed by atoms with E-state index >= 15 is 0 Å². The number of phosphoric acid groups is 1. The summed E-state index contributed by atoms with van der Waals surface area (Å²) in [4.78, 5) is 0. The molecule has 0 heterocycles. The van der Waals surface area contributed by atoms with E-state index in [4.69, 9.17) is 13.6 Å². The first-order valence-corrected chi connectivity index (χ1v) is 12.2. The minimum atomic E-state index is -3.64. The molecular weight excluding hydrogens is 366 g/mol. The van der Waals surface area contributed by atoms with Crippen molar-refractivity contribution in [2.24, 2.45) is 11.8 Å². The third kappa shape index (κ3) is 11.7. The van der Waals surface area contributed by atoms with Crippen molar-refractivity contribution in [2.45, 2.75) is 79.1 Å². The Balaban J connectivity index is 0. The zero-order valence-electron chi connectivity index (χ0n) is 19.7. The number of hydrogen-bond donors (Lipinski definition) is 0. The predicted octanol–water partition coefficient (Wildman–Crippen LogP) is 4.76. The van der Waals surface area contributed by atoms with Crippen LogP contribution >= 0.6 is 7.82 Å². The summed E-state index contributed by atoms with van der Waals surface area (Å²) in [7, 11) is -3.64. The maximum Gasteiger partial charge on any atom is 1.00 e. The minimum Gasteiger partial charge on any atom is -1.00 e. The molecule has 0 radical (unpaired) electrons. The molecule has 2 unspecified atom stereocenters. The fraction of sp³-hybridized carbons (Fsp3) is 0.727. The maximum atomic E-state index is 13.3. The van der Waals surface area contributed by atoms with Gasteiger partial charge in [-0.05, 0) is 36.8 Å². The molecule has 2 atom stereocenters. The molecule has 6 heteroatoms. The standard InChI is InChI=1S/C22H39O4P.Li.H/c1-5-9-14-20(7-3)18-24-27(23,26-22-16-12-11-13-17-22)25-19-21(8-4)15-10-6-2;;/h11-13,16-17,20-21H,5-10,14-15,18-19H2,1-4H3;;/q;+1;-1. The molecule has 1 aromatic carbocycles. The van der Waals surface area contributed by atoms with E-state index in [0.29, 0.717) is 30.8 Å². The molecule has 0 spiro atoms. The molecule has 4 nitrogen and oxygen atoms in total. The van der Waals surface area contributed by atoms with Gasteiger partial charge in [0.15, 0.2) is 0 Å². The molecule has 0 amide bonds. The van der Waals surface area contributed by atoms with E-state index in [0.717, 1.165) is 51.4 Å². The van der Waals surface area contributed by atoms with Crippen LogP contribution in [0.25, 0.3) is 0 Å². The second-order valence-corrected chi connectivity index (χ2v) is 8.87. The average Bonchev–Trinajstić information content (AvgIpc) is 2.69. The van der Waals surface area contributed by atoms with Gasteiger partial charge in [0.1, 0.15) is 5.75 Å². The number of para-hydroxylation sites is 1. The molecule has 158 valence electrons. The van der Waals surface area contributed by atoms with E-state index in [1.807, 2.05) is 18.2 Å².